The number of fused-ring (bicyclic) bond motifs is 1. The SMILES string of the molecule is CN1CCN(c2cccc3c2OC(C(=O)Nc2ccc(N4CCOCC4)cc2)=CC3)CC1. The average molecular weight is 435 g/mol. The number of piperazine rings is 1. The Labute approximate surface area is 189 Å². The Morgan fingerprint density at radius 1 is 0.906 bits per heavy atom. The lowest BCUT2D eigenvalue weighted by molar-refractivity contribution is -0.114. The van der Waals surface area contributed by atoms with E-state index in [-0.39, 0.29) is 5.91 Å². The highest BCUT2D eigenvalue weighted by Gasteiger charge is 2.25. The summed E-state index contributed by atoms with van der Waals surface area (Å²) >= 11 is 0. The van der Waals surface area contributed by atoms with E-state index >= 15 is 0 Å². The maximum atomic E-state index is 12.9. The number of carbonyl (C=O) groups excluding carboxylic acids is 1. The summed E-state index contributed by atoms with van der Waals surface area (Å²) in [4.78, 5) is 19.9. The van der Waals surface area contributed by atoms with Gasteiger partial charge in [-0.05, 0) is 49.9 Å². The third kappa shape index (κ3) is 4.45. The lowest BCUT2D eigenvalue weighted by Crippen LogP contribution is -2.44. The molecule has 0 spiro atoms. The zero-order valence-corrected chi connectivity index (χ0v) is 18.5. The van der Waals surface area contributed by atoms with Crippen LogP contribution in [0.3, 0.4) is 0 Å². The molecule has 168 valence electrons. The van der Waals surface area contributed by atoms with Crippen molar-refractivity contribution in [2.75, 3.05) is 74.6 Å². The van der Waals surface area contributed by atoms with Crippen molar-refractivity contribution in [3.05, 3.63) is 59.9 Å². The van der Waals surface area contributed by atoms with E-state index in [0.29, 0.717) is 12.2 Å². The molecule has 0 saturated carbocycles. The zero-order valence-electron chi connectivity index (χ0n) is 18.5. The molecule has 5 rings (SSSR count). The standard InChI is InChI=1S/C25H30N4O3/c1-27-11-13-29(14-12-27)22-4-2-3-19-5-10-23(32-24(19)22)25(30)26-20-6-8-21(9-7-20)28-15-17-31-18-16-28/h2-4,6-10H,5,11-18H2,1H3,(H,26,30). The second kappa shape index (κ2) is 9.22. The van der Waals surface area contributed by atoms with Crippen LogP contribution in [-0.2, 0) is 16.0 Å². The largest absolute Gasteiger partial charge is 0.449 e. The summed E-state index contributed by atoms with van der Waals surface area (Å²) in [5.74, 6) is 0.951. The normalized spacial score (nSPS) is 19.1. The molecule has 0 atom stereocenters. The fraction of sp³-hybridized carbons (Fsp3) is 0.400. The number of nitrogens with one attached hydrogen (secondary N) is 1. The van der Waals surface area contributed by atoms with Gasteiger partial charge in [-0.1, -0.05) is 12.1 Å². The van der Waals surface area contributed by atoms with E-state index < -0.39 is 0 Å². The predicted octanol–water partition coefficient (Wildman–Crippen LogP) is 2.73. The number of ether oxygens (including phenoxy) is 2. The van der Waals surface area contributed by atoms with Gasteiger partial charge in [0.1, 0.15) is 0 Å². The number of allylic oxidation sites excluding steroid dienone is 1. The minimum absolute atomic E-state index is 0.219. The van der Waals surface area contributed by atoms with Crippen molar-refractivity contribution in [2.45, 2.75) is 6.42 Å². The Balaban J connectivity index is 1.26. The van der Waals surface area contributed by atoms with Crippen LogP contribution in [0.2, 0.25) is 0 Å². The molecule has 1 amide bonds. The molecule has 0 aromatic heterocycles. The van der Waals surface area contributed by atoms with Crippen molar-refractivity contribution in [1.82, 2.24) is 4.90 Å². The van der Waals surface area contributed by atoms with E-state index in [2.05, 4.69) is 45.3 Å². The number of amides is 1. The van der Waals surface area contributed by atoms with E-state index in [1.165, 1.54) is 0 Å². The molecule has 3 aliphatic heterocycles. The van der Waals surface area contributed by atoms with Crippen LogP contribution < -0.4 is 19.9 Å². The summed E-state index contributed by atoms with van der Waals surface area (Å²) in [5.41, 5.74) is 4.09. The second-order valence-electron chi connectivity index (χ2n) is 8.53. The second-order valence-corrected chi connectivity index (χ2v) is 8.53. The third-order valence-corrected chi connectivity index (χ3v) is 6.36. The number of rotatable bonds is 4. The highest BCUT2D eigenvalue weighted by Crippen LogP contribution is 2.37. The molecule has 0 radical (unpaired) electrons. The monoisotopic (exact) mass is 434 g/mol. The summed E-state index contributed by atoms with van der Waals surface area (Å²) in [6.45, 7) is 7.24. The first-order valence-corrected chi connectivity index (χ1v) is 11.3. The number of nitrogens with zero attached hydrogens (tertiary/aromatic N) is 3. The van der Waals surface area contributed by atoms with Gasteiger partial charge in [-0.2, -0.15) is 0 Å². The summed E-state index contributed by atoms with van der Waals surface area (Å²) in [7, 11) is 2.15. The Bertz CT molecular complexity index is 991. The smallest absolute Gasteiger partial charge is 0.291 e. The van der Waals surface area contributed by atoms with Crippen molar-refractivity contribution < 1.29 is 14.3 Å². The molecule has 2 fully saturated rings. The quantitative estimate of drug-likeness (QED) is 0.799. The molecule has 32 heavy (non-hydrogen) atoms. The molecule has 2 aromatic carbocycles. The number of morpholine rings is 1. The number of benzene rings is 2. The Kier molecular flexibility index (Phi) is 6.01. The molecule has 3 heterocycles. The van der Waals surface area contributed by atoms with Gasteiger partial charge >= 0.3 is 0 Å². The molecule has 7 nitrogen and oxygen atoms in total. The zero-order chi connectivity index (χ0) is 21.9. The topological polar surface area (TPSA) is 57.3 Å². The Hall–Kier alpha value is -3.03. The third-order valence-electron chi connectivity index (χ3n) is 6.36. The van der Waals surface area contributed by atoms with Crippen molar-refractivity contribution >= 4 is 23.0 Å². The number of para-hydroxylation sites is 1. The van der Waals surface area contributed by atoms with Gasteiger partial charge in [0.05, 0.1) is 18.9 Å². The molecule has 7 heteroatoms. The molecular weight excluding hydrogens is 404 g/mol. The number of carbonyl (C=O) groups is 1. The molecule has 2 saturated heterocycles. The molecular formula is C25H30N4O3. The molecule has 3 aliphatic rings. The van der Waals surface area contributed by atoms with Crippen molar-refractivity contribution in [2.24, 2.45) is 0 Å². The molecule has 0 bridgehead atoms. The van der Waals surface area contributed by atoms with E-state index in [1.807, 2.05) is 30.3 Å². The van der Waals surface area contributed by atoms with Crippen molar-refractivity contribution in [3.63, 3.8) is 0 Å². The van der Waals surface area contributed by atoms with Gasteiger partial charge in [-0.3, -0.25) is 4.79 Å². The van der Waals surface area contributed by atoms with Gasteiger partial charge in [0.25, 0.3) is 5.91 Å². The van der Waals surface area contributed by atoms with E-state index in [9.17, 15) is 4.79 Å². The molecule has 1 N–H and O–H groups in total. The van der Waals surface area contributed by atoms with Crippen LogP contribution in [0.25, 0.3) is 0 Å². The number of likely N-dealkylation sites (N-methyl/N-ethyl adjacent to an activating group) is 1. The van der Waals surface area contributed by atoms with Crippen LogP contribution in [0.5, 0.6) is 5.75 Å². The molecule has 0 aliphatic carbocycles. The van der Waals surface area contributed by atoms with Crippen LogP contribution >= 0.6 is 0 Å². The highest BCUT2D eigenvalue weighted by molar-refractivity contribution is 6.03. The van der Waals surface area contributed by atoms with Crippen LogP contribution in [0, 0.1) is 0 Å². The minimum Gasteiger partial charge on any atom is -0.449 e. The predicted molar refractivity (Wildman–Crippen MR) is 127 cm³/mol. The van der Waals surface area contributed by atoms with Gasteiger partial charge in [0.2, 0.25) is 0 Å². The lowest BCUT2D eigenvalue weighted by atomic mass is 10.1. The van der Waals surface area contributed by atoms with Crippen LogP contribution in [0.1, 0.15) is 5.56 Å². The van der Waals surface area contributed by atoms with Crippen LogP contribution in [0.15, 0.2) is 54.3 Å². The lowest BCUT2D eigenvalue weighted by Gasteiger charge is -2.35. The van der Waals surface area contributed by atoms with Crippen molar-refractivity contribution in [3.8, 4) is 5.75 Å². The fourth-order valence-corrected chi connectivity index (χ4v) is 4.41. The van der Waals surface area contributed by atoms with Gasteiger partial charge in [-0.15, -0.1) is 0 Å². The maximum Gasteiger partial charge on any atom is 0.291 e. The van der Waals surface area contributed by atoms with Crippen LogP contribution in [0.4, 0.5) is 17.1 Å². The van der Waals surface area contributed by atoms with Gasteiger partial charge < -0.3 is 29.5 Å². The number of anilines is 3. The fourth-order valence-electron chi connectivity index (χ4n) is 4.41. The van der Waals surface area contributed by atoms with Crippen molar-refractivity contribution in [1.29, 1.82) is 0 Å². The summed E-state index contributed by atoms with van der Waals surface area (Å²) in [5, 5.41) is 2.98. The summed E-state index contributed by atoms with van der Waals surface area (Å²) in [6.07, 6.45) is 2.56. The van der Waals surface area contributed by atoms with E-state index in [0.717, 1.165) is 80.9 Å². The van der Waals surface area contributed by atoms with Crippen LogP contribution in [-0.4, -0.2) is 70.3 Å². The van der Waals surface area contributed by atoms with Gasteiger partial charge in [0.15, 0.2) is 11.5 Å². The average Bonchev–Trinajstić information content (AvgIpc) is 2.85. The first kappa shape index (κ1) is 20.8. The highest BCUT2D eigenvalue weighted by atomic mass is 16.5. The van der Waals surface area contributed by atoms with Gasteiger partial charge in [0, 0.05) is 56.2 Å². The van der Waals surface area contributed by atoms with Gasteiger partial charge in [-0.25, -0.2) is 0 Å². The number of hydrogen-bond donors (Lipinski definition) is 1. The molecule has 2 aromatic rings. The first-order valence-electron chi connectivity index (χ1n) is 11.3. The Morgan fingerprint density at radius 3 is 2.41 bits per heavy atom. The summed E-state index contributed by atoms with van der Waals surface area (Å²) in [6, 6.07) is 14.2. The summed E-state index contributed by atoms with van der Waals surface area (Å²) < 4.78 is 11.6. The minimum atomic E-state index is -0.219. The Morgan fingerprint density at radius 2 is 1.66 bits per heavy atom. The first-order chi connectivity index (χ1) is 15.7. The number of hydrogen-bond acceptors (Lipinski definition) is 6. The molecule has 0 unspecified atom stereocenters. The van der Waals surface area contributed by atoms with E-state index in [4.69, 9.17) is 9.47 Å². The van der Waals surface area contributed by atoms with E-state index in [1.54, 1.807) is 0 Å². The maximum absolute atomic E-state index is 12.9.